The highest BCUT2D eigenvalue weighted by atomic mass is 16.4. The second-order valence-corrected chi connectivity index (χ2v) is 6.26. The molecule has 0 heterocycles. The fraction of sp³-hybridized carbons (Fsp3) is 0.947. The molecule has 0 aliphatic carbocycles. The first-order valence-electron chi connectivity index (χ1n) is 9.85. The number of nitrogens with one attached hydrogen (secondary N) is 1. The zero-order chi connectivity index (χ0) is 17.6. The highest BCUT2D eigenvalue weighted by molar-refractivity contribution is 5.64. The Bertz CT molecular complexity index is 215. The van der Waals surface area contributed by atoms with E-state index in [2.05, 4.69) is 19.2 Å². The summed E-state index contributed by atoms with van der Waals surface area (Å²) in [5, 5.41) is 10.6. The lowest BCUT2D eigenvalue weighted by atomic mass is 10.1. The normalized spacial score (nSPS) is 10.0. The Balaban J connectivity index is 0. The summed E-state index contributed by atoms with van der Waals surface area (Å²) in [7, 11) is 0. The van der Waals surface area contributed by atoms with Gasteiger partial charge in [0.15, 0.2) is 0 Å². The number of hydrogen-bond acceptors (Lipinski definition) is 2. The topological polar surface area (TPSA) is 75.3 Å². The first kappa shape index (κ1) is 24.5. The zero-order valence-electron chi connectivity index (χ0n) is 15.7. The largest absolute Gasteiger partial charge is 0.465 e. The van der Waals surface area contributed by atoms with Gasteiger partial charge in [0, 0.05) is 6.54 Å². The van der Waals surface area contributed by atoms with Gasteiger partial charge in [-0.25, -0.2) is 4.79 Å². The predicted octanol–water partition coefficient (Wildman–Crippen LogP) is 5.70. The van der Waals surface area contributed by atoms with Gasteiger partial charge < -0.3 is 16.2 Å². The SMILES string of the molecule is CCCCCCCCCN.CCCCCCCCCNC(=O)O. The van der Waals surface area contributed by atoms with Gasteiger partial charge in [0.1, 0.15) is 0 Å². The summed E-state index contributed by atoms with van der Waals surface area (Å²) in [6.07, 6.45) is 17.2. The summed E-state index contributed by atoms with van der Waals surface area (Å²) in [6.45, 7) is 5.92. The first-order chi connectivity index (χ1) is 11.2. The van der Waals surface area contributed by atoms with Gasteiger partial charge in [-0.05, 0) is 19.4 Å². The van der Waals surface area contributed by atoms with Crippen molar-refractivity contribution in [1.82, 2.24) is 5.32 Å². The molecule has 0 unspecified atom stereocenters. The quantitative estimate of drug-likeness (QED) is 0.337. The number of hydrogen-bond donors (Lipinski definition) is 3. The molecule has 140 valence electrons. The van der Waals surface area contributed by atoms with Crippen LogP contribution in [-0.2, 0) is 0 Å². The second kappa shape index (κ2) is 23.5. The second-order valence-electron chi connectivity index (χ2n) is 6.26. The molecule has 0 aromatic carbocycles. The lowest BCUT2D eigenvalue weighted by Crippen LogP contribution is -2.21. The molecule has 0 atom stereocenters. The minimum Gasteiger partial charge on any atom is -0.465 e. The number of amides is 1. The van der Waals surface area contributed by atoms with Crippen LogP contribution in [0.5, 0.6) is 0 Å². The molecule has 0 aromatic rings. The molecule has 0 aliphatic rings. The van der Waals surface area contributed by atoms with Crippen LogP contribution in [0.25, 0.3) is 0 Å². The zero-order valence-corrected chi connectivity index (χ0v) is 15.7. The van der Waals surface area contributed by atoms with Crippen molar-refractivity contribution in [3.8, 4) is 0 Å². The summed E-state index contributed by atoms with van der Waals surface area (Å²) in [4.78, 5) is 10.1. The van der Waals surface area contributed by atoms with E-state index >= 15 is 0 Å². The monoisotopic (exact) mass is 330 g/mol. The summed E-state index contributed by atoms with van der Waals surface area (Å²) < 4.78 is 0. The summed E-state index contributed by atoms with van der Waals surface area (Å²) in [5.41, 5.74) is 5.37. The van der Waals surface area contributed by atoms with Crippen LogP contribution >= 0.6 is 0 Å². The minimum absolute atomic E-state index is 0.600. The third-order valence-corrected chi connectivity index (χ3v) is 3.86. The Hall–Kier alpha value is -0.770. The number of rotatable bonds is 15. The smallest absolute Gasteiger partial charge is 0.404 e. The molecule has 4 heteroatoms. The van der Waals surface area contributed by atoms with Crippen molar-refractivity contribution in [3.63, 3.8) is 0 Å². The van der Waals surface area contributed by atoms with Crippen LogP contribution in [0.3, 0.4) is 0 Å². The van der Waals surface area contributed by atoms with Crippen LogP contribution in [0.1, 0.15) is 104 Å². The van der Waals surface area contributed by atoms with E-state index in [4.69, 9.17) is 10.8 Å². The van der Waals surface area contributed by atoms with Crippen LogP contribution < -0.4 is 11.1 Å². The van der Waals surface area contributed by atoms with E-state index in [9.17, 15) is 4.79 Å². The van der Waals surface area contributed by atoms with Crippen molar-refractivity contribution in [2.24, 2.45) is 5.73 Å². The van der Waals surface area contributed by atoms with Crippen LogP contribution in [0.4, 0.5) is 4.79 Å². The maximum atomic E-state index is 10.1. The molecular formula is C19H42N2O2. The molecule has 4 nitrogen and oxygen atoms in total. The molecule has 0 radical (unpaired) electrons. The molecule has 0 saturated carbocycles. The molecule has 0 rings (SSSR count). The molecule has 0 fully saturated rings. The van der Waals surface area contributed by atoms with E-state index in [1.54, 1.807) is 0 Å². The van der Waals surface area contributed by atoms with E-state index in [1.807, 2.05) is 0 Å². The van der Waals surface area contributed by atoms with Gasteiger partial charge in [-0.3, -0.25) is 0 Å². The molecule has 0 bridgehead atoms. The molecule has 0 aliphatic heterocycles. The van der Waals surface area contributed by atoms with Gasteiger partial charge in [0.2, 0.25) is 0 Å². The number of carbonyl (C=O) groups is 1. The number of nitrogens with two attached hydrogens (primary N) is 1. The Morgan fingerprint density at radius 3 is 1.52 bits per heavy atom. The maximum absolute atomic E-state index is 10.1. The van der Waals surface area contributed by atoms with Gasteiger partial charge >= 0.3 is 6.09 Å². The van der Waals surface area contributed by atoms with Crippen molar-refractivity contribution in [2.45, 2.75) is 104 Å². The van der Waals surface area contributed by atoms with Gasteiger partial charge in [-0.15, -0.1) is 0 Å². The van der Waals surface area contributed by atoms with E-state index in [1.165, 1.54) is 77.0 Å². The highest BCUT2D eigenvalue weighted by Gasteiger charge is 1.93. The first-order valence-corrected chi connectivity index (χ1v) is 9.85. The lowest BCUT2D eigenvalue weighted by molar-refractivity contribution is 0.194. The molecule has 0 saturated heterocycles. The molecule has 0 spiro atoms. The Morgan fingerprint density at radius 2 is 1.13 bits per heavy atom. The molecule has 0 aromatic heterocycles. The summed E-state index contributed by atoms with van der Waals surface area (Å²) in [5.74, 6) is 0. The van der Waals surface area contributed by atoms with Gasteiger partial charge in [0.05, 0.1) is 0 Å². The van der Waals surface area contributed by atoms with E-state index in [0.29, 0.717) is 6.54 Å². The average molecular weight is 331 g/mol. The number of carboxylic acid groups (broad SMARTS) is 1. The molecule has 23 heavy (non-hydrogen) atoms. The van der Waals surface area contributed by atoms with Crippen molar-refractivity contribution < 1.29 is 9.90 Å². The fourth-order valence-electron chi connectivity index (χ4n) is 2.38. The van der Waals surface area contributed by atoms with Gasteiger partial charge in [-0.2, -0.15) is 0 Å². The van der Waals surface area contributed by atoms with Crippen molar-refractivity contribution in [2.75, 3.05) is 13.1 Å². The maximum Gasteiger partial charge on any atom is 0.404 e. The van der Waals surface area contributed by atoms with E-state index < -0.39 is 6.09 Å². The van der Waals surface area contributed by atoms with Crippen molar-refractivity contribution in [1.29, 1.82) is 0 Å². The molecule has 1 amide bonds. The van der Waals surface area contributed by atoms with E-state index in [0.717, 1.165) is 19.4 Å². The Morgan fingerprint density at radius 1 is 0.739 bits per heavy atom. The van der Waals surface area contributed by atoms with Crippen molar-refractivity contribution in [3.05, 3.63) is 0 Å². The summed E-state index contributed by atoms with van der Waals surface area (Å²) in [6, 6.07) is 0. The van der Waals surface area contributed by atoms with Crippen LogP contribution in [0.2, 0.25) is 0 Å². The molecule has 4 N–H and O–H groups in total. The molecular weight excluding hydrogens is 288 g/mol. The summed E-state index contributed by atoms with van der Waals surface area (Å²) >= 11 is 0. The van der Waals surface area contributed by atoms with Gasteiger partial charge in [-0.1, -0.05) is 90.9 Å². The standard InChI is InChI=1S/C10H21NO2.C9H21N/c1-2-3-4-5-6-7-8-9-11-10(12)13;1-2-3-4-5-6-7-8-9-10/h11H,2-9H2,1H3,(H,12,13);2-10H2,1H3. The third-order valence-electron chi connectivity index (χ3n) is 3.86. The predicted molar refractivity (Wildman–Crippen MR) is 101 cm³/mol. The Labute approximate surface area is 144 Å². The third kappa shape index (κ3) is 29.8. The number of unbranched alkanes of at least 4 members (excludes halogenated alkanes) is 12. The average Bonchev–Trinajstić information content (AvgIpc) is 2.54. The van der Waals surface area contributed by atoms with Gasteiger partial charge in [0.25, 0.3) is 0 Å². The minimum atomic E-state index is -0.911. The lowest BCUT2D eigenvalue weighted by Gasteiger charge is -2.01. The van der Waals surface area contributed by atoms with Crippen molar-refractivity contribution >= 4 is 6.09 Å². The Kier molecular flexibility index (Phi) is 25.0. The van der Waals surface area contributed by atoms with Crippen LogP contribution in [0, 0.1) is 0 Å². The van der Waals surface area contributed by atoms with E-state index in [-0.39, 0.29) is 0 Å². The fourth-order valence-corrected chi connectivity index (χ4v) is 2.38. The highest BCUT2D eigenvalue weighted by Crippen LogP contribution is 2.06. The van der Waals surface area contributed by atoms with Crippen LogP contribution in [0.15, 0.2) is 0 Å². The van der Waals surface area contributed by atoms with Crippen LogP contribution in [-0.4, -0.2) is 24.3 Å².